The Morgan fingerprint density at radius 3 is 2.07 bits per heavy atom. The van der Waals surface area contributed by atoms with Gasteiger partial charge in [-0.05, 0) is 59.2 Å². The van der Waals surface area contributed by atoms with Gasteiger partial charge in [0, 0.05) is 30.7 Å². The van der Waals surface area contributed by atoms with Gasteiger partial charge in [-0.25, -0.2) is 17.5 Å². The van der Waals surface area contributed by atoms with Crippen molar-refractivity contribution >= 4 is 10.0 Å². The molecule has 0 amide bonds. The molecule has 0 fully saturated rings. The van der Waals surface area contributed by atoms with Crippen molar-refractivity contribution in [3.05, 3.63) is 103 Å². The van der Waals surface area contributed by atoms with E-state index in [9.17, 15) is 12.8 Å². The van der Waals surface area contributed by atoms with Crippen LogP contribution in [0, 0.1) is 5.82 Å². The van der Waals surface area contributed by atoms with Crippen molar-refractivity contribution in [1.29, 1.82) is 0 Å². The van der Waals surface area contributed by atoms with Crippen LogP contribution in [0.4, 0.5) is 4.39 Å². The van der Waals surface area contributed by atoms with E-state index in [1.807, 2.05) is 18.2 Å². The largest absolute Gasteiger partial charge is 0.265 e. The number of pyridine rings is 2. The van der Waals surface area contributed by atoms with E-state index in [1.54, 1.807) is 48.9 Å². The summed E-state index contributed by atoms with van der Waals surface area (Å²) in [5.74, 6) is -0.316. The first-order chi connectivity index (χ1) is 14.5. The molecule has 0 aliphatic heterocycles. The average molecular weight is 419 g/mol. The summed E-state index contributed by atoms with van der Waals surface area (Å²) < 4.78 is 41.2. The molecule has 0 saturated heterocycles. The smallest absolute Gasteiger partial charge is 0.240 e. The SMILES string of the molecule is O=S(=O)(NCc1cccnc1-c1ccncc1)c1ccc(-c2ccc(F)cc2)cc1. The number of halogens is 1. The van der Waals surface area contributed by atoms with Gasteiger partial charge in [-0.3, -0.25) is 9.97 Å². The third kappa shape index (κ3) is 4.42. The van der Waals surface area contributed by atoms with Crippen molar-refractivity contribution in [3.63, 3.8) is 0 Å². The zero-order valence-electron chi connectivity index (χ0n) is 15.9. The van der Waals surface area contributed by atoms with E-state index in [0.717, 1.165) is 22.3 Å². The van der Waals surface area contributed by atoms with Gasteiger partial charge in [-0.1, -0.05) is 30.3 Å². The van der Waals surface area contributed by atoms with Crippen molar-refractivity contribution in [2.75, 3.05) is 0 Å². The zero-order chi connectivity index (χ0) is 21.0. The lowest BCUT2D eigenvalue weighted by molar-refractivity contribution is 0.581. The minimum Gasteiger partial charge on any atom is -0.265 e. The molecule has 0 spiro atoms. The molecular formula is C23H18FN3O2S. The molecule has 0 bridgehead atoms. The standard InChI is InChI=1S/C23H18FN3O2S/c24-21-7-3-17(4-8-21)18-5-9-22(10-6-18)30(28,29)27-16-20-2-1-13-26-23(20)19-11-14-25-15-12-19/h1-15,27H,16H2. The number of nitrogens with zero attached hydrogens (tertiary/aromatic N) is 2. The van der Waals surface area contributed by atoms with E-state index in [2.05, 4.69) is 14.7 Å². The van der Waals surface area contributed by atoms with Gasteiger partial charge in [-0.2, -0.15) is 0 Å². The van der Waals surface area contributed by atoms with Crippen LogP contribution in [-0.2, 0) is 16.6 Å². The first-order valence-electron chi connectivity index (χ1n) is 9.23. The first kappa shape index (κ1) is 19.9. The highest BCUT2D eigenvalue weighted by molar-refractivity contribution is 7.89. The topological polar surface area (TPSA) is 72.0 Å². The van der Waals surface area contributed by atoms with Gasteiger partial charge in [0.2, 0.25) is 10.0 Å². The lowest BCUT2D eigenvalue weighted by Crippen LogP contribution is -2.23. The van der Waals surface area contributed by atoms with E-state index in [4.69, 9.17) is 0 Å². The fourth-order valence-corrected chi connectivity index (χ4v) is 4.08. The molecule has 0 unspecified atom stereocenters. The maximum absolute atomic E-state index is 13.1. The summed E-state index contributed by atoms with van der Waals surface area (Å²) in [5.41, 5.74) is 3.94. The van der Waals surface area contributed by atoms with Crippen LogP contribution < -0.4 is 4.72 Å². The van der Waals surface area contributed by atoms with Crippen LogP contribution in [0.25, 0.3) is 22.4 Å². The molecule has 2 heterocycles. The summed E-state index contributed by atoms with van der Waals surface area (Å²) in [6.45, 7) is 0.105. The lowest BCUT2D eigenvalue weighted by Gasteiger charge is -2.11. The van der Waals surface area contributed by atoms with Gasteiger partial charge in [-0.15, -0.1) is 0 Å². The van der Waals surface area contributed by atoms with Gasteiger partial charge in [0.15, 0.2) is 0 Å². The van der Waals surface area contributed by atoms with Crippen LogP contribution in [0.5, 0.6) is 0 Å². The van der Waals surface area contributed by atoms with E-state index < -0.39 is 10.0 Å². The quantitative estimate of drug-likeness (QED) is 0.502. The molecule has 0 aliphatic rings. The molecule has 2 aromatic carbocycles. The molecule has 2 aromatic heterocycles. The Kier molecular flexibility index (Phi) is 5.65. The van der Waals surface area contributed by atoms with Gasteiger partial charge < -0.3 is 0 Å². The van der Waals surface area contributed by atoms with Crippen molar-refractivity contribution in [2.45, 2.75) is 11.4 Å². The highest BCUT2D eigenvalue weighted by atomic mass is 32.2. The monoisotopic (exact) mass is 419 g/mol. The molecule has 7 heteroatoms. The third-order valence-electron chi connectivity index (χ3n) is 4.64. The van der Waals surface area contributed by atoms with Crippen LogP contribution in [-0.4, -0.2) is 18.4 Å². The summed E-state index contributed by atoms with van der Waals surface area (Å²) in [7, 11) is -3.71. The zero-order valence-corrected chi connectivity index (χ0v) is 16.7. The van der Waals surface area contributed by atoms with E-state index in [1.165, 1.54) is 24.3 Å². The number of rotatable bonds is 6. The van der Waals surface area contributed by atoms with Gasteiger partial charge in [0.1, 0.15) is 5.82 Å². The molecule has 0 radical (unpaired) electrons. The Balaban J connectivity index is 1.52. The molecule has 4 rings (SSSR count). The minimum atomic E-state index is -3.71. The normalized spacial score (nSPS) is 11.4. The molecule has 0 aliphatic carbocycles. The summed E-state index contributed by atoms with van der Waals surface area (Å²) >= 11 is 0. The lowest BCUT2D eigenvalue weighted by atomic mass is 10.1. The van der Waals surface area contributed by atoms with Crippen LogP contribution in [0.1, 0.15) is 5.56 Å². The Labute approximate surface area is 174 Å². The Morgan fingerprint density at radius 2 is 1.40 bits per heavy atom. The van der Waals surface area contributed by atoms with Crippen molar-refractivity contribution in [2.24, 2.45) is 0 Å². The second kappa shape index (κ2) is 8.52. The number of hydrogen-bond donors (Lipinski definition) is 1. The van der Waals surface area contributed by atoms with Gasteiger partial charge >= 0.3 is 0 Å². The number of sulfonamides is 1. The fraction of sp³-hybridized carbons (Fsp3) is 0.0435. The molecule has 150 valence electrons. The van der Waals surface area contributed by atoms with Gasteiger partial charge in [0.25, 0.3) is 0 Å². The molecule has 4 aromatic rings. The maximum atomic E-state index is 13.1. The van der Waals surface area contributed by atoms with Crippen molar-refractivity contribution in [1.82, 2.24) is 14.7 Å². The minimum absolute atomic E-state index is 0.105. The Morgan fingerprint density at radius 1 is 0.767 bits per heavy atom. The Hall–Kier alpha value is -3.42. The summed E-state index contributed by atoms with van der Waals surface area (Å²) in [4.78, 5) is 8.54. The molecular weight excluding hydrogens is 401 g/mol. The number of nitrogens with one attached hydrogen (secondary N) is 1. The number of hydrogen-bond acceptors (Lipinski definition) is 4. The number of aromatic nitrogens is 2. The van der Waals surface area contributed by atoms with Crippen molar-refractivity contribution < 1.29 is 12.8 Å². The van der Waals surface area contributed by atoms with Crippen molar-refractivity contribution in [3.8, 4) is 22.4 Å². The maximum Gasteiger partial charge on any atom is 0.240 e. The predicted octanol–water partition coefficient (Wildman–Crippen LogP) is 4.43. The molecule has 1 N–H and O–H groups in total. The summed E-state index contributed by atoms with van der Waals surface area (Å²) in [6.07, 6.45) is 5.00. The molecule has 0 saturated carbocycles. The van der Waals surface area contributed by atoms with E-state index >= 15 is 0 Å². The summed E-state index contributed by atoms with van der Waals surface area (Å²) in [5, 5.41) is 0. The first-order valence-corrected chi connectivity index (χ1v) is 10.7. The molecule has 0 atom stereocenters. The van der Waals surface area contributed by atoms with Crippen LogP contribution >= 0.6 is 0 Å². The van der Waals surface area contributed by atoms with Crippen LogP contribution in [0.15, 0.2) is 96.3 Å². The average Bonchev–Trinajstić information content (AvgIpc) is 2.79. The second-order valence-corrected chi connectivity index (χ2v) is 8.37. The predicted molar refractivity (Wildman–Crippen MR) is 113 cm³/mol. The van der Waals surface area contributed by atoms with Crippen LogP contribution in [0.2, 0.25) is 0 Å². The third-order valence-corrected chi connectivity index (χ3v) is 6.06. The molecule has 30 heavy (non-hydrogen) atoms. The van der Waals surface area contributed by atoms with E-state index in [0.29, 0.717) is 5.69 Å². The molecule has 5 nitrogen and oxygen atoms in total. The number of benzene rings is 2. The van der Waals surface area contributed by atoms with Crippen LogP contribution in [0.3, 0.4) is 0 Å². The van der Waals surface area contributed by atoms with E-state index in [-0.39, 0.29) is 17.3 Å². The summed E-state index contributed by atoms with van der Waals surface area (Å²) in [6, 6.07) is 19.8. The van der Waals surface area contributed by atoms with Gasteiger partial charge in [0.05, 0.1) is 10.6 Å². The second-order valence-electron chi connectivity index (χ2n) is 6.60. The highest BCUT2D eigenvalue weighted by Crippen LogP contribution is 2.23. The fourth-order valence-electron chi connectivity index (χ4n) is 3.08. The highest BCUT2D eigenvalue weighted by Gasteiger charge is 2.15. The Bertz CT molecular complexity index is 1240.